The van der Waals surface area contributed by atoms with Crippen molar-refractivity contribution in [1.29, 1.82) is 0 Å². The van der Waals surface area contributed by atoms with Gasteiger partial charge in [-0.15, -0.1) is 0 Å². The molecule has 1 rings (SSSR count). The fourth-order valence-corrected chi connectivity index (χ4v) is 4.48. The molecular formula is C18H30K4O10P2S. The molecule has 0 aliphatic heterocycles. The molecule has 0 aliphatic rings. The summed E-state index contributed by atoms with van der Waals surface area (Å²) in [5.41, 5.74) is 0. The molecule has 0 radical (unpaired) electrons. The SMILES string of the molecule is CCCCCCCCCCCCOS(=O)(=O)c1ccccc1.O=P([O-])([O-])OP(=O)([O-])[O-].[K+].[K+].[K+].[K+]. The molecule has 0 heterocycles. The van der Waals surface area contributed by atoms with Gasteiger partial charge < -0.3 is 33.0 Å². The van der Waals surface area contributed by atoms with Crippen LogP contribution in [0, 0.1) is 0 Å². The molecule has 35 heavy (non-hydrogen) atoms. The Hall–Kier alpha value is 5.94. The monoisotopic (exact) mass is 656 g/mol. The summed E-state index contributed by atoms with van der Waals surface area (Å²) in [6, 6.07) is 8.33. The van der Waals surface area contributed by atoms with Crippen LogP contribution < -0.4 is 225 Å². The summed E-state index contributed by atoms with van der Waals surface area (Å²) < 4.78 is 50.0. The molecule has 0 atom stereocenters. The van der Waals surface area contributed by atoms with Crippen molar-refractivity contribution < 1.29 is 251 Å². The molecule has 0 bridgehead atoms. The second kappa shape index (κ2) is 30.0. The standard InChI is InChI=1S/C18H30O3S.4K.H4O7P2/c1-2-3-4-5-6-7-8-9-10-14-17-21-22(19,20)18-15-12-11-13-16-18;;;;;1-8(2,3)7-9(4,5)6/h11-13,15-16H,2-10,14,17H2,1H3;;;;;(H2,1,2,3)(H2,4,5,6)/q;4*+1;/p-4. The van der Waals surface area contributed by atoms with Crippen LogP contribution in [0.3, 0.4) is 0 Å². The minimum absolute atomic E-state index is 0. The van der Waals surface area contributed by atoms with Crippen LogP contribution in [-0.2, 0) is 27.7 Å². The van der Waals surface area contributed by atoms with Crippen molar-refractivity contribution in [1.82, 2.24) is 0 Å². The van der Waals surface area contributed by atoms with Gasteiger partial charge in [0.25, 0.3) is 10.1 Å². The molecule has 0 saturated carbocycles. The third kappa shape index (κ3) is 36.0. The van der Waals surface area contributed by atoms with Gasteiger partial charge in [-0.25, -0.2) is 0 Å². The van der Waals surface area contributed by atoms with Crippen LogP contribution in [-0.4, -0.2) is 15.0 Å². The Balaban J connectivity index is -0.000000200. The van der Waals surface area contributed by atoms with Gasteiger partial charge in [0.1, 0.15) is 0 Å². The van der Waals surface area contributed by atoms with Crippen LogP contribution >= 0.6 is 15.6 Å². The van der Waals surface area contributed by atoms with Gasteiger partial charge in [0.2, 0.25) is 0 Å². The van der Waals surface area contributed by atoms with E-state index < -0.39 is 25.8 Å². The molecule has 0 saturated heterocycles. The van der Waals surface area contributed by atoms with E-state index in [4.69, 9.17) is 4.18 Å². The van der Waals surface area contributed by atoms with E-state index >= 15 is 0 Å². The molecule has 17 heteroatoms. The maximum Gasteiger partial charge on any atom is 1.00 e. The van der Waals surface area contributed by atoms with E-state index in [1.54, 1.807) is 30.3 Å². The van der Waals surface area contributed by atoms with Gasteiger partial charge >= 0.3 is 206 Å². The van der Waals surface area contributed by atoms with Crippen LogP contribution in [0.25, 0.3) is 0 Å². The maximum absolute atomic E-state index is 11.9. The molecule has 182 valence electrons. The van der Waals surface area contributed by atoms with Gasteiger partial charge in [-0.2, -0.15) is 8.42 Å². The molecule has 0 unspecified atom stereocenters. The molecule has 0 aromatic heterocycles. The van der Waals surface area contributed by atoms with Crippen molar-refractivity contribution in [3.63, 3.8) is 0 Å². The van der Waals surface area contributed by atoms with Gasteiger partial charge in [0.05, 0.1) is 27.1 Å². The van der Waals surface area contributed by atoms with Gasteiger partial charge in [-0.3, -0.25) is 4.18 Å². The number of hydrogen-bond donors (Lipinski definition) is 0. The number of hydrogen-bond acceptors (Lipinski definition) is 10. The number of rotatable bonds is 15. The molecule has 0 amide bonds. The van der Waals surface area contributed by atoms with E-state index in [2.05, 4.69) is 11.2 Å². The summed E-state index contributed by atoms with van der Waals surface area (Å²) >= 11 is 0. The molecule has 1 aromatic carbocycles. The molecular weight excluding hydrogens is 627 g/mol. The molecule has 1 aromatic rings. The van der Waals surface area contributed by atoms with Crippen molar-refractivity contribution in [2.75, 3.05) is 6.61 Å². The third-order valence-corrected chi connectivity index (χ3v) is 6.89. The van der Waals surface area contributed by atoms with Crippen LogP contribution in [0.15, 0.2) is 35.2 Å². The van der Waals surface area contributed by atoms with E-state index in [1.807, 2.05) is 0 Å². The first kappa shape index (κ1) is 50.6. The Bertz CT molecular complexity index is 772. The minimum atomic E-state index is -5.68. The second-order valence-electron chi connectivity index (χ2n) is 6.75. The summed E-state index contributed by atoms with van der Waals surface area (Å²) in [7, 11) is -14.9. The first-order valence-electron chi connectivity index (χ1n) is 10.1. The largest absolute Gasteiger partial charge is 1.00 e. The van der Waals surface area contributed by atoms with E-state index in [-0.39, 0.29) is 217 Å². The number of unbranched alkanes of at least 4 members (excludes halogenated alkanes) is 9. The fourth-order valence-electron chi connectivity index (χ4n) is 2.54. The summed E-state index contributed by atoms with van der Waals surface area (Å²) in [5, 5.41) is 0. The average molecular weight is 657 g/mol. The van der Waals surface area contributed by atoms with Crippen LogP contribution in [0.2, 0.25) is 0 Å². The molecule has 0 fully saturated rings. The first-order chi connectivity index (χ1) is 14.4. The number of benzene rings is 1. The van der Waals surface area contributed by atoms with Gasteiger partial charge in [-0.1, -0.05) is 82.9 Å². The Kier molecular flexibility index (Phi) is 43.3. The van der Waals surface area contributed by atoms with Crippen LogP contribution in [0.5, 0.6) is 0 Å². The van der Waals surface area contributed by atoms with E-state index in [9.17, 15) is 37.1 Å². The smallest absolute Gasteiger partial charge is 0.790 e. The molecule has 0 aliphatic carbocycles. The van der Waals surface area contributed by atoms with E-state index in [1.165, 1.54) is 51.4 Å². The third-order valence-electron chi connectivity index (χ3n) is 3.97. The van der Waals surface area contributed by atoms with Crippen molar-refractivity contribution in [3.8, 4) is 0 Å². The Morgan fingerprint density at radius 2 is 1.06 bits per heavy atom. The summed E-state index contributed by atoms with van der Waals surface area (Å²) in [5.74, 6) is 0. The normalized spacial score (nSPS) is 10.9. The number of phosphoric acid groups is 2. The zero-order valence-corrected chi connectivity index (χ0v) is 36.6. The Morgan fingerprint density at radius 3 is 1.40 bits per heavy atom. The van der Waals surface area contributed by atoms with Gasteiger partial charge in [0.15, 0.2) is 0 Å². The molecule has 0 N–H and O–H groups in total. The zero-order chi connectivity index (χ0) is 23.8. The maximum atomic E-state index is 11.9. The van der Waals surface area contributed by atoms with E-state index in [0.717, 1.165) is 12.8 Å². The average Bonchev–Trinajstić information content (AvgIpc) is 2.64. The van der Waals surface area contributed by atoms with Crippen molar-refractivity contribution in [3.05, 3.63) is 30.3 Å². The van der Waals surface area contributed by atoms with Gasteiger partial charge in [0, 0.05) is 0 Å². The summed E-state index contributed by atoms with van der Waals surface area (Å²) in [4.78, 5) is 37.5. The second-order valence-corrected chi connectivity index (χ2v) is 10.8. The quantitative estimate of drug-likeness (QED) is 0.0762. The zero-order valence-electron chi connectivity index (χ0n) is 21.6. The van der Waals surface area contributed by atoms with Crippen LogP contribution in [0.1, 0.15) is 71.1 Å². The van der Waals surface area contributed by atoms with Crippen LogP contribution in [0.4, 0.5) is 0 Å². The van der Waals surface area contributed by atoms with Crippen molar-refractivity contribution in [2.24, 2.45) is 0 Å². The molecule has 10 nitrogen and oxygen atoms in total. The fraction of sp³-hybridized carbons (Fsp3) is 0.667. The van der Waals surface area contributed by atoms with E-state index in [0.29, 0.717) is 0 Å². The van der Waals surface area contributed by atoms with Gasteiger partial charge in [-0.05, 0) is 18.6 Å². The minimum Gasteiger partial charge on any atom is -0.790 e. The van der Waals surface area contributed by atoms with Crippen molar-refractivity contribution >= 4 is 25.8 Å². The van der Waals surface area contributed by atoms with Crippen molar-refractivity contribution in [2.45, 2.75) is 76.0 Å². The summed E-state index contributed by atoms with van der Waals surface area (Å²) in [6.45, 7) is 2.52. The topological polar surface area (TPSA) is 179 Å². The summed E-state index contributed by atoms with van der Waals surface area (Å²) in [6.07, 6.45) is 12.3. The predicted octanol–water partition coefficient (Wildman–Crippen LogP) is -10.0. The Morgan fingerprint density at radius 1 is 0.686 bits per heavy atom. The molecule has 0 spiro atoms. The predicted molar refractivity (Wildman–Crippen MR) is 108 cm³/mol. The first-order valence-corrected chi connectivity index (χ1v) is 14.4. The Labute approximate surface area is 380 Å².